The van der Waals surface area contributed by atoms with Gasteiger partial charge in [0, 0.05) is 18.9 Å². The lowest BCUT2D eigenvalue weighted by Gasteiger charge is -2.31. The summed E-state index contributed by atoms with van der Waals surface area (Å²) in [4.78, 5) is 12.4. The molecule has 3 rings (SSSR count). The Morgan fingerprint density at radius 3 is 2.04 bits per heavy atom. The highest BCUT2D eigenvalue weighted by molar-refractivity contribution is 7.89. The Hall–Kier alpha value is -2.46. The third-order valence-electron chi connectivity index (χ3n) is 4.34. The van der Waals surface area contributed by atoms with E-state index in [1.165, 1.54) is 24.3 Å². The minimum absolute atomic E-state index is 0.0109. The molecule has 1 amide bonds. The van der Waals surface area contributed by atoms with E-state index in [9.17, 15) is 13.2 Å². The number of benzene rings is 2. The van der Waals surface area contributed by atoms with Crippen LogP contribution in [0.5, 0.6) is 11.5 Å². The highest BCUT2D eigenvalue weighted by Gasteiger charge is 2.35. The van der Waals surface area contributed by atoms with Crippen molar-refractivity contribution in [2.45, 2.75) is 23.3 Å². The van der Waals surface area contributed by atoms with Crippen LogP contribution in [0.15, 0.2) is 53.4 Å². The lowest BCUT2D eigenvalue weighted by atomic mass is 9.90. The molecule has 1 fully saturated rings. The van der Waals surface area contributed by atoms with Gasteiger partial charge in [-0.3, -0.25) is 4.79 Å². The molecule has 1 aliphatic heterocycles. The largest absolute Gasteiger partial charge is 0.457 e. The van der Waals surface area contributed by atoms with Crippen molar-refractivity contribution in [1.29, 1.82) is 0 Å². The number of nitrogens with one attached hydrogen (secondary N) is 1. The van der Waals surface area contributed by atoms with E-state index >= 15 is 0 Å². The molecule has 0 radical (unpaired) electrons. The molecule has 2 aromatic rings. The Morgan fingerprint density at radius 2 is 1.52 bits per heavy atom. The molecule has 2 aromatic carbocycles. The van der Waals surface area contributed by atoms with Crippen molar-refractivity contribution in [1.82, 2.24) is 0 Å². The normalized spacial score (nSPS) is 16.5. The van der Waals surface area contributed by atoms with Gasteiger partial charge in [-0.1, -0.05) is 0 Å². The van der Waals surface area contributed by atoms with Gasteiger partial charge >= 0.3 is 0 Å². The van der Waals surface area contributed by atoms with Crippen LogP contribution in [-0.2, 0) is 19.6 Å². The number of hydrogen-bond acceptors (Lipinski definition) is 6. The van der Waals surface area contributed by atoms with Crippen LogP contribution in [0.25, 0.3) is 0 Å². The molecule has 144 valence electrons. The van der Waals surface area contributed by atoms with E-state index in [0.29, 0.717) is 43.2 Å². The molecule has 0 atom stereocenters. The summed E-state index contributed by atoms with van der Waals surface area (Å²) in [5.41, 5.74) is 5.84. The summed E-state index contributed by atoms with van der Waals surface area (Å²) in [6, 6.07) is 12.6. The Bertz CT molecular complexity index is 905. The summed E-state index contributed by atoms with van der Waals surface area (Å²) in [6.07, 6.45) is 0.961. The second-order valence-electron chi connectivity index (χ2n) is 6.37. The smallest absolute Gasteiger partial charge is 0.244 e. The fraction of sp³-hybridized carbons (Fsp3) is 0.278. The molecular formula is C18H21N3O5S. The summed E-state index contributed by atoms with van der Waals surface area (Å²) >= 11 is 0. The zero-order valence-electron chi connectivity index (χ0n) is 14.6. The molecule has 0 aliphatic carbocycles. The van der Waals surface area contributed by atoms with Crippen molar-refractivity contribution < 1.29 is 22.7 Å². The third kappa shape index (κ3) is 4.83. The number of ether oxygens (including phenoxy) is 2. The summed E-state index contributed by atoms with van der Waals surface area (Å²) in [6.45, 7) is 0.946. The quantitative estimate of drug-likeness (QED) is 0.708. The van der Waals surface area contributed by atoms with Crippen LogP contribution < -0.4 is 20.9 Å². The maximum absolute atomic E-state index is 12.4. The lowest BCUT2D eigenvalue weighted by molar-refractivity contribution is -0.124. The zero-order valence-corrected chi connectivity index (χ0v) is 15.4. The van der Waals surface area contributed by atoms with Crippen molar-refractivity contribution in [2.24, 2.45) is 10.9 Å². The molecule has 0 spiro atoms. The molecule has 9 heteroatoms. The highest BCUT2D eigenvalue weighted by atomic mass is 32.2. The first-order valence-electron chi connectivity index (χ1n) is 8.35. The number of nitrogens with two attached hydrogens (primary N) is 2. The first-order valence-corrected chi connectivity index (χ1v) is 9.90. The standard InChI is InChI=1S/C18H21N3O5S/c19-18(9-11-25-12-10-18)17(22)21-13-1-3-14(4-2-13)26-15-5-7-16(8-6-15)27(20,23)24/h1-8H,9-12,19H2,(H,21,22)(H2,20,23,24). The van der Waals surface area contributed by atoms with E-state index in [1.54, 1.807) is 24.3 Å². The Kier molecular flexibility index (Phi) is 5.47. The van der Waals surface area contributed by atoms with E-state index in [-0.39, 0.29) is 10.8 Å². The van der Waals surface area contributed by atoms with Crippen LogP contribution in [0.4, 0.5) is 5.69 Å². The summed E-state index contributed by atoms with van der Waals surface area (Å²) < 4.78 is 33.4. The molecule has 1 heterocycles. The van der Waals surface area contributed by atoms with Gasteiger partial charge in [0.25, 0.3) is 0 Å². The van der Waals surface area contributed by atoms with Crippen molar-refractivity contribution in [3.05, 3.63) is 48.5 Å². The van der Waals surface area contributed by atoms with Gasteiger partial charge in [0.2, 0.25) is 15.9 Å². The van der Waals surface area contributed by atoms with Crippen LogP contribution in [-0.4, -0.2) is 33.1 Å². The predicted octanol–water partition coefficient (Wildman–Crippen LogP) is 1.57. The predicted molar refractivity (Wildman–Crippen MR) is 99.9 cm³/mol. The lowest BCUT2D eigenvalue weighted by Crippen LogP contribution is -2.54. The maximum atomic E-state index is 12.4. The molecule has 8 nitrogen and oxygen atoms in total. The van der Waals surface area contributed by atoms with Gasteiger partial charge in [-0.25, -0.2) is 13.6 Å². The van der Waals surface area contributed by atoms with E-state index in [1.807, 2.05) is 0 Å². The number of hydrogen-bond donors (Lipinski definition) is 3. The van der Waals surface area contributed by atoms with Crippen molar-refractivity contribution in [3.8, 4) is 11.5 Å². The molecule has 0 aromatic heterocycles. The molecule has 1 aliphatic rings. The van der Waals surface area contributed by atoms with Gasteiger partial charge in [-0.2, -0.15) is 0 Å². The number of carbonyl (C=O) groups excluding carboxylic acids is 1. The van der Waals surface area contributed by atoms with Gasteiger partial charge in [0.15, 0.2) is 0 Å². The number of sulfonamides is 1. The van der Waals surface area contributed by atoms with Gasteiger partial charge in [0.1, 0.15) is 17.0 Å². The fourth-order valence-electron chi connectivity index (χ4n) is 2.66. The fourth-order valence-corrected chi connectivity index (χ4v) is 3.17. The number of rotatable bonds is 5. The molecule has 0 unspecified atom stereocenters. The van der Waals surface area contributed by atoms with E-state index in [2.05, 4.69) is 5.32 Å². The molecule has 1 saturated heterocycles. The Morgan fingerprint density at radius 1 is 1.00 bits per heavy atom. The highest BCUT2D eigenvalue weighted by Crippen LogP contribution is 2.25. The second-order valence-corrected chi connectivity index (χ2v) is 7.93. The maximum Gasteiger partial charge on any atom is 0.244 e. The summed E-state index contributed by atoms with van der Waals surface area (Å²) in [5.74, 6) is 0.755. The number of primary sulfonamides is 1. The SMILES string of the molecule is NC1(C(=O)Nc2ccc(Oc3ccc(S(N)(=O)=O)cc3)cc2)CCOCC1. The van der Waals surface area contributed by atoms with E-state index in [0.717, 1.165) is 0 Å². The molecule has 0 saturated carbocycles. The van der Waals surface area contributed by atoms with Crippen molar-refractivity contribution in [3.63, 3.8) is 0 Å². The molecular weight excluding hydrogens is 370 g/mol. The number of carbonyl (C=O) groups is 1. The van der Waals surface area contributed by atoms with Crippen LogP contribution >= 0.6 is 0 Å². The van der Waals surface area contributed by atoms with Crippen LogP contribution in [0.3, 0.4) is 0 Å². The third-order valence-corrected chi connectivity index (χ3v) is 5.27. The number of anilines is 1. The van der Waals surface area contributed by atoms with Gasteiger partial charge in [-0.05, 0) is 61.4 Å². The minimum Gasteiger partial charge on any atom is -0.457 e. The minimum atomic E-state index is -3.74. The number of amides is 1. The molecule has 0 bridgehead atoms. The van der Waals surface area contributed by atoms with Gasteiger partial charge in [-0.15, -0.1) is 0 Å². The average Bonchev–Trinajstić information content (AvgIpc) is 2.64. The topological polar surface area (TPSA) is 134 Å². The van der Waals surface area contributed by atoms with Crippen molar-refractivity contribution >= 4 is 21.6 Å². The van der Waals surface area contributed by atoms with E-state index in [4.69, 9.17) is 20.3 Å². The molecule has 5 N–H and O–H groups in total. The average molecular weight is 391 g/mol. The zero-order chi connectivity index (χ0) is 19.5. The Labute approximate surface area is 157 Å². The van der Waals surface area contributed by atoms with Crippen LogP contribution in [0, 0.1) is 0 Å². The Balaban J connectivity index is 1.62. The van der Waals surface area contributed by atoms with Gasteiger partial charge in [0.05, 0.1) is 4.90 Å². The van der Waals surface area contributed by atoms with Crippen LogP contribution in [0.1, 0.15) is 12.8 Å². The summed E-state index contributed by atoms with van der Waals surface area (Å²) in [7, 11) is -3.74. The first kappa shape index (κ1) is 19.3. The summed E-state index contributed by atoms with van der Waals surface area (Å²) in [5, 5.41) is 7.87. The monoisotopic (exact) mass is 391 g/mol. The van der Waals surface area contributed by atoms with E-state index < -0.39 is 15.6 Å². The first-order chi connectivity index (χ1) is 12.8. The van der Waals surface area contributed by atoms with Gasteiger partial charge < -0.3 is 20.5 Å². The molecule has 27 heavy (non-hydrogen) atoms. The van der Waals surface area contributed by atoms with Crippen LogP contribution in [0.2, 0.25) is 0 Å². The van der Waals surface area contributed by atoms with Crippen molar-refractivity contribution in [2.75, 3.05) is 18.5 Å². The second kappa shape index (κ2) is 7.65.